The van der Waals surface area contributed by atoms with Crippen LogP contribution in [0, 0.1) is 0 Å². The Bertz CT molecular complexity index is 448. The number of aromatic nitrogens is 1. The van der Waals surface area contributed by atoms with Crippen molar-refractivity contribution in [2.24, 2.45) is 0 Å². The molecule has 0 bridgehead atoms. The SMILES string of the molecule is CCCCN1CCCC[C@H]1c1ccc(N2CCCCCC2)nc1. The van der Waals surface area contributed by atoms with E-state index in [4.69, 9.17) is 4.98 Å². The van der Waals surface area contributed by atoms with E-state index in [9.17, 15) is 0 Å². The fourth-order valence-electron chi connectivity index (χ4n) is 4.08. The molecule has 3 nitrogen and oxygen atoms in total. The summed E-state index contributed by atoms with van der Waals surface area (Å²) in [6, 6.07) is 5.22. The summed E-state index contributed by atoms with van der Waals surface area (Å²) in [7, 11) is 0. The predicted molar refractivity (Wildman–Crippen MR) is 98.0 cm³/mol. The minimum Gasteiger partial charge on any atom is -0.357 e. The van der Waals surface area contributed by atoms with Gasteiger partial charge in [0, 0.05) is 25.3 Å². The van der Waals surface area contributed by atoms with Gasteiger partial charge in [-0.2, -0.15) is 0 Å². The molecule has 1 atom stereocenters. The van der Waals surface area contributed by atoms with Gasteiger partial charge in [-0.1, -0.05) is 38.7 Å². The van der Waals surface area contributed by atoms with Crippen LogP contribution in [0.25, 0.3) is 0 Å². The second-order valence-electron chi connectivity index (χ2n) is 7.25. The minimum absolute atomic E-state index is 0.598. The summed E-state index contributed by atoms with van der Waals surface area (Å²) in [4.78, 5) is 10.0. The molecule has 0 unspecified atom stereocenters. The maximum absolute atomic E-state index is 4.83. The first-order valence-electron chi connectivity index (χ1n) is 9.83. The highest BCUT2D eigenvalue weighted by Gasteiger charge is 2.23. The lowest BCUT2D eigenvalue weighted by Crippen LogP contribution is -2.34. The molecule has 3 heteroatoms. The highest BCUT2D eigenvalue weighted by atomic mass is 15.2. The Labute approximate surface area is 142 Å². The number of pyridine rings is 1. The zero-order valence-electron chi connectivity index (χ0n) is 14.8. The zero-order chi connectivity index (χ0) is 15.9. The fourth-order valence-corrected chi connectivity index (χ4v) is 4.08. The number of nitrogens with zero attached hydrogens (tertiary/aromatic N) is 3. The molecule has 0 aromatic carbocycles. The maximum Gasteiger partial charge on any atom is 0.128 e. The zero-order valence-corrected chi connectivity index (χ0v) is 14.8. The smallest absolute Gasteiger partial charge is 0.128 e. The van der Waals surface area contributed by atoms with Crippen LogP contribution in [0.4, 0.5) is 5.82 Å². The summed E-state index contributed by atoms with van der Waals surface area (Å²) in [5.41, 5.74) is 1.43. The van der Waals surface area contributed by atoms with E-state index in [0.717, 1.165) is 0 Å². The van der Waals surface area contributed by atoms with Gasteiger partial charge in [0.05, 0.1) is 0 Å². The fraction of sp³-hybridized carbons (Fsp3) is 0.750. The van der Waals surface area contributed by atoms with Crippen molar-refractivity contribution in [2.75, 3.05) is 31.1 Å². The van der Waals surface area contributed by atoms with Crippen LogP contribution in [-0.4, -0.2) is 36.1 Å². The lowest BCUT2D eigenvalue weighted by Gasteiger charge is -2.36. The first-order chi connectivity index (χ1) is 11.4. The number of anilines is 1. The van der Waals surface area contributed by atoms with Gasteiger partial charge in [0.15, 0.2) is 0 Å². The number of hydrogen-bond donors (Lipinski definition) is 0. The average molecular weight is 316 g/mol. The normalized spacial score (nSPS) is 23.7. The number of piperidine rings is 1. The van der Waals surface area contributed by atoms with Crippen LogP contribution in [0.15, 0.2) is 18.3 Å². The van der Waals surface area contributed by atoms with Crippen molar-refractivity contribution in [2.45, 2.75) is 70.8 Å². The van der Waals surface area contributed by atoms with E-state index < -0.39 is 0 Å². The quantitative estimate of drug-likeness (QED) is 0.779. The van der Waals surface area contributed by atoms with Crippen LogP contribution in [0.3, 0.4) is 0 Å². The molecule has 23 heavy (non-hydrogen) atoms. The topological polar surface area (TPSA) is 19.4 Å². The average Bonchev–Trinajstić information content (AvgIpc) is 2.90. The summed E-state index contributed by atoms with van der Waals surface area (Å²) in [6.45, 7) is 7.15. The Kier molecular flexibility index (Phi) is 6.32. The van der Waals surface area contributed by atoms with E-state index in [-0.39, 0.29) is 0 Å². The Morgan fingerprint density at radius 3 is 2.48 bits per heavy atom. The molecule has 0 saturated carbocycles. The molecule has 2 saturated heterocycles. The Hall–Kier alpha value is -1.09. The first-order valence-corrected chi connectivity index (χ1v) is 9.83. The minimum atomic E-state index is 0.598. The summed E-state index contributed by atoms with van der Waals surface area (Å²) >= 11 is 0. The Balaban J connectivity index is 1.67. The van der Waals surface area contributed by atoms with E-state index in [1.54, 1.807) is 0 Å². The molecule has 2 aliphatic heterocycles. The number of likely N-dealkylation sites (tertiary alicyclic amines) is 1. The van der Waals surface area contributed by atoms with Crippen LogP contribution in [0.5, 0.6) is 0 Å². The summed E-state index contributed by atoms with van der Waals surface area (Å²) < 4.78 is 0. The van der Waals surface area contributed by atoms with Crippen LogP contribution in [0.1, 0.15) is 76.3 Å². The summed E-state index contributed by atoms with van der Waals surface area (Å²) in [6.07, 6.45) is 14.2. The van der Waals surface area contributed by atoms with Gasteiger partial charge in [-0.05, 0) is 56.8 Å². The molecule has 0 aliphatic carbocycles. The van der Waals surface area contributed by atoms with Crippen molar-refractivity contribution in [1.29, 1.82) is 0 Å². The van der Waals surface area contributed by atoms with Crippen LogP contribution in [-0.2, 0) is 0 Å². The van der Waals surface area contributed by atoms with Crippen molar-refractivity contribution in [3.63, 3.8) is 0 Å². The van der Waals surface area contributed by atoms with Gasteiger partial charge in [-0.15, -0.1) is 0 Å². The van der Waals surface area contributed by atoms with Gasteiger partial charge in [0.2, 0.25) is 0 Å². The maximum atomic E-state index is 4.83. The standard InChI is InChI=1S/C20H33N3/c1-2-3-13-22-14-9-6-10-19(22)18-11-12-20(21-17-18)23-15-7-4-5-8-16-23/h11-12,17,19H,2-10,13-16H2,1H3/t19-/m0/s1. The first kappa shape index (κ1) is 16.8. The molecule has 128 valence electrons. The molecule has 1 aromatic heterocycles. The van der Waals surface area contributed by atoms with Gasteiger partial charge in [0.25, 0.3) is 0 Å². The molecule has 3 heterocycles. The monoisotopic (exact) mass is 315 g/mol. The number of unbranched alkanes of at least 4 members (excludes halogenated alkanes) is 1. The van der Waals surface area contributed by atoms with Crippen molar-refractivity contribution in [1.82, 2.24) is 9.88 Å². The van der Waals surface area contributed by atoms with E-state index in [1.165, 1.54) is 95.3 Å². The molecule has 0 N–H and O–H groups in total. The molecular formula is C20H33N3. The van der Waals surface area contributed by atoms with Crippen LogP contribution >= 0.6 is 0 Å². The second kappa shape index (κ2) is 8.68. The lowest BCUT2D eigenvalue weighted by atomic mass is 9.96. The number of rotatable bonds is 5. The highest BCUT2D eigenvalue weighted by Crippen LogP contribution is 2.31. The molecule has 0 amide bonds. The van der Waals surface area contributed by atoms with Gasteiger partial charge < -0.3 is 4.90 Å². The molecule has 2 fully saturated rings. The van der Waals surface area contributed by atoms with E-state index in [0.29, 0.717) is 6.04 Å². The predicted octanol–water partition coefficient (Wildman–Crippen LogP) is 4.79. The Morgan fingerprint density at radius 2 is 1.78 bits per heavy atom. The summed E-state index contributed by atoms with van der Waals surface area (Å²) in [5, 5.41) is 0. The van der Waals surface area contributed by atoms with Gasteiger partial charge in [-0.3, -0.25) is 4.90 Å². The molecule has 1 aromatic rings. The molecule has 2 aliphatic rings. The largest absolute Gasteiger partial charge is 0.357 e. The lowest BCUT2D eigenvalue weighted by molar-refractivity contribution is 0.146. The van der Waals surface area contributed by atoms with Gasteiger partial charge in [0.1, 0.15) is 5.82 Å². The van der Waals surface area contributed by atoms with Gasteiger partial charge in [-0.25, -0.2) is 4.98 Å². The van der Waals surface area contributed by atoms with Crippen molar-refractivity contribution in [3.05, 3.63) is 23.9 Å². The Morgan fingerprint density at radius 1 is 1.00 bits per heavy atom. The van der Waals surface area contributed by atoms with Crippen LogP contribution in [0.2, 0.25) is 0 Å². The van der Waals surface area contributed by atoms with E-state index >= 15 is 0 Å². The third kappa shape index (κ3) is 4.47. The molecule has 0 radical (unpaired) electrons. The number of hydrogen-bond acceptors (Lipinski definition) is 3. The van der Waals surface area contributed by atoms with Crippen LogP contribution < -0.4 is 4.90 Å². The third-order valence-electron chi connectivity index (χ3n) is 5.50. The molecule has 3 rings (SSSR count). The molecule has 0 spiro atoms. The second-order valence-corrected chi connectivity index (χ2v) is 7.25. The third-order valence-corrected chi connectivity index (χ3v) is 5.50. The van der Waals surface area contributed by atoms with E-state index in [1.807, 2.05) is 0 Å². The van der Waals surface area contributed by atoms with E-state index in [2.05, 4.69) is 35.1 Å². The van der Waals surface area contributed by atoms with Crippen molar-refractivity contribution >= 4 is 5.82 Å². The highest BCUT2D eigenvalue weighted by molar-refractivity contribution is 5.40. The van der Waals surface area contributed by atoms with Gasteiger partial charge >= 0.3 is 0 Å². The van der Waals surface area contributed by atoms with Crippen molar-refractivity contribution in [3.8, 4) is 0 Å². The molecular weight excluding hydrogens is 282 g/mol. The summed E-state index contributed by atoms with van der Waals surface area (Å²) in [5.74, 6) is 1.19. The van der Waals surface area contributed by atoms with Crippen molar-refractivity contribution < 1.29 is 0 Å².